The van der Waals surface area contributed by atoms with Gasteiger partial charge in [0, 0.05) is 34.2 Å². The summed E-state index contributed by atoms with van der Waals surface area (Å²) < 4.78 is 22.1. The second-order valence-corrected chi connectivity index (χ2v) is 10.5. The van der Waals surface area contributed by atoms with Crippen molar-refractivity contribution in [2.24, 2.45) is 11.5 Å². The summed E-state index contributed by atoms with van der Waals surface area (Å²) >= 11 is 0. The van der Waals surface area contributed by atoms with Crippen LogP contribution in [0.3, 0.4) is 0 Å². The topological polar surface area (TPSA) is 129 Å². The number of hydrogen-bond donors (Lipinski definition) is 5. The molecule has 2 unspecified atom stereocenters. The summed E-state index contributed by atoms with van der Waals surface area (Å²) in [5.41, 5.74) is 20.4. The van der Waals surface area contributed by atoms with E-state index in [1.165, 1.54) is 0 Å². The zero-order chi connectivity index (χ0) is 30.0. The van der Waals surface area contributed by atoms with Gasteiger partial charge in [0.2, 0.25) is 5.91 Å². The molecule has 1 amide bonds. The van der Waals surface area contributed by atoms with Gasteiger partial charge in [0.15, 0.2) is 11.6 Å². The number of halogens is 1. The summed E-state index contributed by atoms with van der Waals surface area (Å²) in [4.78, 5) is 12.2. The maximum absolute atomic E-state index is 16.2. The van der Waals surface area contributed by atoms with E-state index in [4.69, 9.17) is 21.6 Å². The second-order valence-electron chi connectivity index (χ2n) is 10.5. The van der Waals surface area contributed by atoms with Crippen LogP contribution in [0.5, 0.6) is 5.75 Å². The first-order valence-corrected chi connectivity index (χ1v) is 13.9. The van der Waals surface area contributed by atoms with Crippen molar-refractivity contribution in [3.63, 3.8) is 0 Å². The normalized spacial score (nSPS) is 16.5. The van der Waals surface area contributed by atoms with E-state index in [0.29, 0.717) is 28.8 Å². The van der Waals surface area contributed by atoms with Gasteiger partial charge in [-0.3, -0.25) is 15.2 Å². The number of anilines is 1. The zero-order valence-corrected chi connectivity index (χ0v) is 23.8. The Balaban J connectivity index is 1.60. The maximum atomic E-state index is 16.2. The highest BCUT2D eigenvalue weighted by Crippen LogP contribution is 2.39. The number of carbonyl (C=O) groups excluding carboxylic acids is 1. The Bertz CT molecular complexity index is 1610. The van der Waals surface area contributed by atoms with Gasteiger partial charge in [-0.15, -0.1) is 0 Å². The number of aryl methyl sites for hydroxylation is 1. The van der Waals surface area contributed by atoms with Crippen LogP contribution in [-0.2, 0) is 6.42 Å². The van der Waals surface area contributed by atoms with Gasteiger partial charge in [-0.25, -0.2) is 9.82 Å². The zero-order valence-electron chi connectivity index (χ0n) is 23.8. The van der Waals surface area contributed by atoms with Gasteiger partial charge in [-0.1, -0.05) is 43.4 Å². The molecule has 7 N–H and O–H groups in total. The number of carbonyl (C=O) groups is 1. The predicted molar refractivity (Wildman–Crippen MR) is 164 cm³/mol. The molecule has 9 heteroatoms. The van der Waals surface area contributed by atoms with Crippen LogP contribution in [0, 0.1) is 11.2 Å². The average molecular weight is 567 g/mol. The fourth-order valence-electron chi connectivity index (χ4n) is 5.19. The highest BCUT2D eigenvalue weighted by atomic mass is 19.1. The van der Waals surface area contributed by atoms with Crippen molar-refractivity contribution >= 4 is 23.0 Å². The SMILES string of the molecule is CCc1cc(OC(C)C)c(F)c(C(Nc2ccc(C(=N)N)cc2)N2C=C3C(c4ccccc4C(N)=O)=CC=CC3N2)c1. The second kappa shape index (κ2) is 11.9. The minimum absolute atomic E-state index is 0.0346. The number of primary amides is 1. The molecule has 216 valence electrons. The number of rotatable bonds is 10. The third-order valence-corrected chi connectivity index (χ3v) is 7.23. The first-order chi connectivity index (χ1) is 20.2. The molecule has 0 spiro atoms. The lowest BCUT2D eigenvalue weighted by molar-refractivity contribution is 0.1000. The van der Waals surface area contributed by atoms with Crippen molar-refractivity contribution in [3.05, 3.63) is 124 Å². The molecule has 3 aromatic rings. The maximum Gasteiger partial charge on any atom is 0.249 e. The summed E-state index contributed by atoms with van der Waals surface area (Å²) in [5, 5.41) is 13.0. The van der Waals surface area contributed by atoms with Gasteiger partial charge in [-0.05, 0) is 79.4 Å². The lowest BCUT2D eigenvalue weighted by Gasteiger charge is -2.32. The van der Waals surface area contributed by atoms with Gasteiger partial charge in [0.05, 0.1) is 12.1 Å². The van der Waals surface area contributed by atoms with Crippen molar-refractivity contribution in [1.29, 1.82) is 5.41 Å². The fraction of sp³-hybridized carbons (Fsp3) is 0.212. The highest BCUT2D eigenvalue weighted by Gasteiger charge is 2.34. The molecule has 1 aliphatic heterocycles. The van der Waals surface area contributed by atoms with Gasteiger partial charge in [-0.2, -0.15) is 0 Å². The van der Waals surface area contributed by atoms with Gasteiger partial charge in [0.25, 0.3) is 0 Å². The summed E-state index contributed by atoms with van der Waals surface area (Å²) in [6, 6.07) is 17.7. The lowest BCUT2D eigenvalue weighted by atomic mass is 9.87. The number of amidine groups is 1. The molecule has 0 fully saturated rings. The van der Waals surface area contributed by atoms with Crippen molar-refractivity contribution in [2.75, 3.05) is 5.32 Å². The van der Waals surface area contributed by atoms with Gasteiger partial charge < -0.3 is 21.5 Å². The number of benzene rings is 3. The number of fused-ring (bicyclic) bond motifs is 1. The Kier molecular flexibility index (Phi) is 8.13. The van der Waals surface area contributed by atoms with Crippen LogP contribution < -0.4 is 26.9 Å². The molecule has 1 heterocycles. The number of amides is 1. The van der Waals surface area contributed by atoms with Crippen LogP contribution in [0.2, 0.25) is 0 Å². The Morgan fingerprint density at radius 2 is 1.88 bits per heavy atom. The Hall–Kier alpha value is -4.89. The molecular formula is C33H35FN6O2. The van der Waals surface area contributed by atoms with Gasteiger partial charge >= 0.3 is 0 Å². The number of hydrogen-bond acceptors (Lipinski definition) is 6. The predicted octanol–water partition coefficient (Wildman–Crippen LogP) is 5.40. The Labute approximate surface area is 245 Å². The van der Waals surface area contributed by atoms with E-state index in [9.17, 15) is 4.79 Å². The lowest BCUT2D eigenvalue weighted by Crippen LogP contribution is -2.41. The van der Waals surface area contributed by atoms with Crippen LogP contribution in [0.15, 0.2) is 90.7 Å². The first kappa shape index (κ1) is 28.6. The van der Waals surface area contributed by atoms with E-state index < -0.39 is 17.9 Å². The number of ether oxygens (including phenoxy) is 1. The highest BCUT2D eigenvalue weighted by molar-refractivity contribution is 6.01. The smallest absolute Gasteiger partial charge is 0.249 e. The number of nitrogen functional groups attached to an aromatic ring is 1. The average Bonchev–Trinajstić information content (AvgIpc) is 3.41. The van der Waals surface area contributed by atoms with Crippen LogP contribution in [0.1, 0.15) is 59.5 Å². The van der Waals surface area contributed by atoms with Crippen LogP contribution in [0.25, 0.3) is 5.57 Å². The van der Waals surface area contributed by atoms with Gasteiger partial charge in [0.1, 0.15) is 12.0 Å². The molecule has 1 aliphatic carbocycles. The first-order valence-electron chi connectivity index (χ1n) is 13.9. The molecule has 42 heavy (non-hydrogen) atoms. The van der Waals surface area contributed by atoms with Crippen molar-refractivity contribution in [2.45, 2.75) is 45.5 Å². The van der Waals surface area contributed by atoms with Crippen LogP contribution >= 0.6 is 0 Å². The monoisotopic (exact) mass is 566 g/mol. The number of allylic oxidation sites excluding steroid dienone is 2. The largest absolute Gasteiger partial charge is 0.488 e. The van der Waals surface area contributed by atoms with E-state index in [2.05, 4.69) is 10.7 Å². The molecule has 3 aromatic carbocycles. The standard InChI is InChI=1S/C33H35FN6O2/c1-4-20-16-26(30(34)29(17-20)42-19(2)3)33(38-22-14-12-21(13-15-22)31(35)36)40-18-27-24(10-7-11-28(27)39-40)23-8-5-6-9-25(23)32(37)41/h5-19,28,33,38-39H,4H2,1-3H3,(H3,35,36)(H2,37,41). The van der Waals surface area contributed by atoms with E-state index in [0.717, 1.165) is 22.3 Å². The van der Waals surface area contributed by atoms with E-state index in [1.807, 2.05) is 68.4 Å². The molecule has 2 atom stereocenters. The molecule has 0 saturated heterocycles. The van der Waals surface area contributed by atoms with Crippen molar-refractivity contribution < 1.29 is 13.9 Å². The summed E-state index contributed by atoms with van der Waals surface area (Å²) in [5.74, 6) is -0.809. The van der Waals surface area contributed by atoms with E-state index >= 15 is 4.39 Å². The van der Waals surface area contributed by atoms with Crippen LogP contribution in [-0.4, -0.2) is 28.9 Å². The summed E-state index contributed by atoms with van der Waals surface area (Å²) in [7, 11) is 0. The molecule has 0 aromatic heterocycles. The fourth-order valence-corrected chi connectivity index (χ4v) is 5.19. The minimum atomic E-state index is -0.701. The quantitative estimate of drug-likeness (QED) is 0.165. The molecular weight excluding hydrogens is 531 g/mol. The van der Waals surface area contributed by atoms with Crippen LogP contribution in [0.4, 0.5) is 10.1 Å². The summed E-state index contributed by atoms with van der Waals surface area (Å²) in [6.45, 7) is 5.75. The molecule has 0 bridgehead atoms. The minimum Gasteiger partial charge on any atom is -0.488 e. The Morgan fingerprint density at radius 1 is 1.14 bits per heavy atom. The summed E-state index contributed by atoms with van der Waals surface area (Å²) in [6.07, 6.45) is 7.61. The number of hydrazine groups is 1. The van der Waals surface area contributed by atoms with Crippen molar-refractivity contribution in [1.82, 2.24) is 10.4 Å². The van der Waals surface area contributed by atoms with Crippen molar-refractivity contribution in [3.8, 4) is 5.75 Å². The third-order valence-electron chi connectivity index (χ3n) is 7.23. The number of nitrogens with two attached hydrogens (primary N) is 2. The molecule has 5 rings (SSSR count). The Morgan fingerprint density at radius 3 is 2.55 bits per heavy atom. The molecule has 0 radical (unpaired) electrons. The number of nitrogens with one attached hydrogen (secondary N) is 3. The third kappa shape index (κ3) is 5.77. The number of nitrogens with zero attached hydrogens (tertiary/aromatic N) is 1. The molecule has 0 saturated carbocycles. The van der Waals surface area contributed by atoms with E-state index in [-0.39, 0.29) is 23.7 Å². The molecule has 2 aliphatic rings. The molecule has 8 nitrogen and oxygen atoms in total. The van der Waals surface area contributed by atoms with E-state index in [1.54, 1.807) is 42.5 Å².